The SMILES string of the molecule is CCc1ccc(C(C)NCC2CC3CCC(C2)N3C)cc1. The molecule has 0 radical (unpaired) electrons. The summed E-state index contributed by atoms with van der Waals surface area (Å²) in [6, 6.07) is 11.3. The van der Waals surface area contributed by atoms with Crippen LogP contribution in [0.5, 0.6) is 0 Å². The van der Waals surface area contributed by atoms with Gasteiger partial charge in [0.25, 0.3) is 0 Å². The first kappa shape index (κ1) is 15.1. The van der Waals surface area contributed by atoms with Crippen molar-refractivity contribution in [1.82, 2.24) is 10.2 Å². The van der Waals surface area contributed by atoms with Crippen LogP contribution >= 0.6 is 0 Å². The van der Waals surface area contributed by atoms with Gasteiger partial charge in [0, 0.05) is 18.1 Å². The second kappa shape index (κ2) is 6.50. The van der Waals surface area contributed by atoms with Gasteiger partial charge in [-0.3, -0.25) is 0 Å². The van der Waals surface area contributed by atoms with Crippen molar-refractivity contribution in [3.8, 4) is 0 Å². The number of hydrogen-bond acceptors (Lipinski definition) is 2. The van der Waals surface area contributed by atoms with Gasteiger partial charge in [-0.25, -0.2) is 0 Å². The van der Waals surface area contributed by atoms with Crippen LogP contribution in [-0.2, 0) is 6.42 Å². The maximum absolute atomic E-state index is 3.77. The maximum atomic E-state index is 3.77. The lowest BCUT2D eigenvalue weighted by Crippen LogP contribution is -2.42. The summed E-state index contributed by atoms with van der Waals surface area (Å²) in [6.45, 7) is 5.69. The van der Waals surface area contributed by atoms with Gasteiger partial charge >= 0.3 is 0 Å². The second-order valence-corrected chi connectivity index (χ2v) is 7.11. The van der Waals surface area contributed by atoms with Crippen LogP contribution in [0.25, 0.3) is 0 Å². The summed E-state index contributed by atoms with van der Waals surface area (Å²) in [5, 5.41) is 3.77. The number of fused-ring (bicyclic) bond motifs is 2. The molecule has 1 aromatic rings. The maximum Gasteiger partial charge on any atom is 0.0291 e. The molecule has 21 heavy (non-hydrogen) atoms. The van der Waals surface area contributed by atoms with Crippen molar-refractivity contribution >= 4 is 0 Å². The molecule has 2 nitrogen and oxygen atoms in total. The lowest BCUT2D eigenvalue weighted by Gasteiger charge is -2.36. The molecule has 2 bridgehead atoms. The summed E-state index contributed by atoms with van der Waals surface area (Å²) >= 11 is 0. The van der Waals surface area contributed by atoms with E-state index in [2.05, 4.69) is 55.4 Å². The fourth-order valence-electron chi connectivity index (χ4n) is 4.19. The smallest absolute Gasteiger partial charge is 0.0291 e. The van der Waals surface area contributed by atoms with Gasteiger partial charge in [0.1, 0.15) is 0 Å². The third-order valence-electron chi connectivity index (χ3n) is 5.80. The quantitative estimate of drug-likeness (QED) is 0.886. The van der Waals surface area contributed by atoms with Crippen LogP contribution in [0.3, 0.4) is 0 Å². The third kappa shape index (κ3) is 3.32. The van der Waals surface area contributed by atoms with E-state index in [0.717, 1.165) is 24.4 Å². The molecular formula is C19H30N2. The van der Waals surface area contributed by atoms with E-state index >= 15 is 0 Å². The summed E-state index contributed by atoms with van der Waals surface area (Å²) < 4.78 is 0. The molecule has 0 amide bonds. The number of nitrogens with one attached hydrogen (secondary N) is 1. The van der Waals surface area contributed by atoms with Crippen LogP contribution in [0, 0.1) is 5.92 Å². The van der Waals surface area contributed by atoms with Crippen LogP contribution < -0.4 is 5.32 Å². The minimum atomic E-state index is 0.466. The van der Waals surface area contributed by atoms with Crippen molar-refractivity contribution in [3.63, 3.8) is 0 Å². The number of aryl methyl sites for hydroxylation is 1. The Morgan fingerprint density at radius 3 is 2.33 bits per heavy atom. The monoisotopic (exact) mass is 286 g/mol. The molecule has 2 heterocycles. The van der Waals surface area contributed by atoms with E-state index in [1.807, 2.05) is 0 Å². The predicted octanol–water partition coefficient (Wildman–Crippen LogP) is 3.77. The van der Waals surface area contributed by atoms with E-state index in [4.69, 9.17) is 0 Å². The van der Waals surface area contributed by atoms with Crippen molar-refractivity contribution in [1.29, 1.82) is 0 Å². The molecule has 2 aliphatic heterocycles. The largest absolute Gasteiger partial charge is 0.310 e. The Labute approximate surface area is 129 Å². The minimum absolute atomic E-state index is 0.466. The second-order valence-electron chi connectivity index (χ2n) is 7.11. The highest BCUT2D eigenvalue weighted by atomic mass is 15.2. The van der Waals surface area contributed by atoms with Crippen molar-refractivity contribution in [3.05, 3.63) is 35.4 Å². The summed E-state index contributed by atoms with van der Waals surface area (Å²) in [4.78, 5) is 2.63. The zero-order chi connectivity index (χ0) is 14.8. The summed E-state index contributed by atoms with van der Waals surface area (Å²) in [5.41, 5.74) is 2.85. The molecule has 0 aliphatic carbocycles. The Balaban J connectivity index is 1.50. The van der Waals surface area contributed by atoms with Crippen LogP contribution in [0.1, 0.15) is 56.7 Å². The molecule has 2 heteroatoms. The van der Waals surface area contributed by atoms with Crippen LogP contribution in [0.2, 0.25) is 0 Å². The molecule has 0 aromatic heterocycles. The van der Waals surface area contributed by atoms with Gasteiger partial charge < -0.3 is 10.2 Å². The normalized spacial score (nSPS) is 30.5. The molecule has 116 valence electrons. The minimum Gasteiger partial charge on any atom is -0.310 e. The Hall–Kier alpha value is -0.860. The fourth-order valence-corrected chi connectivity index (χ4v) is 4.19. The molecule has 2 aliphatic rings. The van der Waals surface area contributed by atoms with Gasteiger partial charge in [0.15, 0.2) is 0 Å². The topological polar surface area (TPSA) is 15.3 Å². The highest BCUT2D eigenvalue weighted by Gasteiger charge is 2.38. The number of piperidine rings is 1. The molecule has 1 aromatic carbocycles. The average Bonchev–Trinajstić information content (AvgIpc) is 2.75. The standard InChI is InChI=1S/C19H30N2/c1-4-15-5-7-17(8-6-15)14(2)20-13-16-11-18-9-10-19(12-16)21(18)3/h5-8,14,16,18-20H,4,9-13H2,1-3H3. The Morgan fingerprint density at radius 1 is 1.14 bits per heavy atom. The highest BCUT2D eigenvalue weighted by molar-refractivity contribution is 5.24. The first-order valence-corrected chi connectivity index (χ1v) is 8.71. The molecule has 0 spiro atoms. The van der Waals surface area contributed by atoms with E-state index < -0.39 is 0 Å². The van der Waals surface area contributed by atoms with E-state index in [1.165, 1.54) is 43.4 Å². The third-order valence-corrected chi connectivity index (χ3v) is 5.80. The zero-order valence-corrected chi connectivity index (χ0v) is 13.8. The van der Waals surface area contributed by atoms with Gasteiger partial charge in [-0.1, -0.05) is 31.2 Å². The van der Waals surface area contributed by atoms with Gasteiger partial charge in [-0.2, -0.15) is 0 Å². The van der Waals surface area contributed by atoms with E-state index in [1.54, 1.807) is 0 Å². The molecule has 3 unspecified atom stereocenters. The van der Waals surface area contributed by atoms with Crippen LogP contribution in [-0.4, -0.2) is 30.6 Å². The number of nitrogens with zero attached hydrogens (tertiary/aromatic N) is 1. The molecular weight excluding hydrogens is 256 g/mol. The highest BCUT2D eigenvalue weighted by Crippen LogP contribution is 2.37. The predicted molar refractivity (Wildman–Crippen MR) is 89.5 cm³/mol. The molecule has 3 atom stereocenters. The lowest BCUT2D eigenvalue weighted by molar-refractivity contribution is 0.131. The van der Waals surface area contributed by atoms with Crippen molar-refractivity contribution in [2.24, 2.45) is 5.92 Å². The lowest BCUT2D eigenvalue weighted by atomic mass is 9.90. The van der Waals surface area contributed by atoms with Gasteiger partial charge in [0.05, 0.1) is 0 Å². The molecule has 1 N–H and O–H groups in total. The first-order chi connectivity index (χ1) is 10.2. The Bertz CT molecular complexity index is 439. The zero-order valence-electron chi connectivity index (χ0n) is 13.8. The molecule has 3 rings (SSSR count). The van der Waals surface area contributed by atoms with Crippen molar-refractivity contribution in [2.75, 3.05) is 13.6 Å². The molecule has 2 fully saturated rings. The van der Waals surface area contributed by atoms with Gasteiger partial charge in [0.2, 0.25) is 0 Å². The number of hydrogen-bond donors (Lipinski definition) is 1. The van der Waals surface area contributed by atoms with Gasteiger partial charge in [-0.05, 0) is 69.7 Å². The van der Waals surface area contributed by atoms with Crippen LogP contribution in [0.4, 0.5) is 0 Å². The number of rotatable bonds is 5. The van der Waals surface area contributed by atoms with Crippen LogP contribution in [0.15, 0.2) is 24.3 Å². The Kier molecular flexibility index (Phi) is 4.66. The first-order valence-electron chi connectivity index (χ1n) is 8.71. The van der Waals surface area contributed by atoms with E-state index in [-0.39, 0.29) is 0 Å². The fraction of sp³-hybridized carbons (Fsp3) is 0.684. The summed E-state index contributed by atoms with van der Waals surface area (Å²) in [7, 11) is 2.32. The average molecular weight is 286 g/mol. The van der Waals surface area contributed by atoms with Gasteiger partial charge in [-0.15, -0.1) is 0 Å². The summed E-state index contributed by atoms with van der Waals surface area (Å²) in [5.74, 6) is 0.871. The number of benzene rings is 1. The van der Waals surface area contributed by atoms with Crippen molar-refractivity contribution < 1.29 is 0 Å². The molecule has 0 saturated carbocycles. The van der Waals surface area contributed by atoms with E-state index in [0.29, 0.717) is 6.04 Å². The Morgan fingerprint density at radius 2 is 1.76 bits per heavy atom. The van der Waals surface area contributed by atoms with E-state index in [9.17, 15) is 0 Å². The van der Waals surface area contributed by atoms with Crippen molar-refractivity contribution in [2.45, 2.75) is 64.1 Å². The molecule has 2 saturated heterocycles. The summed E-state index contributed by atoms with van der Waals surface area (Å²) in [6.07, 6.45) is 6.75.